The Bertz CT molecular complexity index is 503. The molecule has 0 aliphatic carbocycles. The second-order valence-corrected chi connectivity index (χ2v) is 5.43. The average Bonchev–Trinajstić information content (AvgIpc) is 2.56. The SMILES string of the molecule is C=C(C)C(=O)O.C=C(C)C(=O)O.C=C(C)C(=O)O.C=C(C)C(=O)O.C=C(C)C(=O)O.[V]. The largest absolute Gasteiger partial charge is 0.478 e. The molecule has 0 bridgehead atoms. The van der Waals surface area contributed by atoms with Crippen molar-refractivity contribution in [3.63, 3.8) is 0 Å². The summed E-state index contributed by atoms with van der Waals surface area (Å²) in [7, 11) is 0. The third-order valence-corrected chi connectivity index (χ3v) is 1.83. The Morgan fingerprint density at radius 3 is 0.419 bits per heavy atom. The van der Waals surface area contributed by atoms with Gasteiger partial charge >= 0.3 is 29.8 Å². The van der Waals surface area contributed by atoms with E-state index in [1.165, 1.54) is 34.6 Å². The molecule has 0 aromatic carbocycles. The van der Waals surface area contributed by atoms with Crippen molar-refractivity contribution >= 4 is 29.8 Å². The van der Waals surface area contributed by atoms with Crippen LogP contribution in [0.4, 0.5) is 0 Å². The van der Waals surface area contributed by atoms with Crippen molar-refractivity contribution in [2.75, 3.05) is 0 Å². The standard InChI is InChI=1S/5C4H6O2.V/c5*1-3(2)4(5)6;/h5*1H2,2H3,(H,5,6);. The number of aliphatic carboxylic acids is 5. The summed E-state index contributed by atoms with van der Waals surface area (Å²) in [6.45, 7) is 23.0. The summed E-state index contributed by atoms with van der Waals surface area (Å²) in [5.74, 6) is -4.68. The summed E-state index contributed by atoms with van der Waals surface area (Å²) >= 11 is 0. The number of hydrogen-bond acceptors (Lipinski definition) is 5. The molecule has 0 saturated carbocycles. The molecular formula is C20H30O10V. The molecule has 0 saturated heterocycles. The summed E-state index contributed by atoms with van der Waals surface area (Å²) in [6.07, 6.45) is 0. The van der Waals surface area contributed by atoms with E-state index < -0.39 is 29.8 Å². The van der Waals surface area contributed by atoms with Crippen LogP contribution in [0.3, 0.4) is 0 Å². The molecule has 5 N–H and O–H groups in total. The number of carbonyl (C=O) groups is 5. The molecule has 0 aliphatic rings. The fourth-order valence-corrected chi connectivity index (χ4v) is 0. The summed E-state index contributed by atoms with van der Waals surface area (Å²) < 4.78 is 0. The van der Waals surface area contributed by atoms with Gasteiger partial charge in [0.1, 0.15) is 0 Å². The predicted molar refractivity (Wildman–Crippen MR) is 112 cm³/mol. The van der Waals surface area contributed by atoms with Gasteiger partial charge in [-0.2, -0.15) is 0 Å². The molecule has 0 rings (SSSR count). The second kappa shape index (κ2) is 24.7. The molecule has 31 heavy (non-hydrogen) atoms. The summed E-state index contributed by atoms with van der Waals surface area (Å²) in [4.78, 5) is 48.0. The van der Waals surface area contributed by atoms with Crippen LogP contribution in [-0.2, 0) is 42.5 Å². The molecule has 0 aliphatic heterocycles. The molecule has 0 aromatic heterocycles. The molecule has 0 fully saturated rings. The van der Waals surface area contributed by atoms with Gasteiger partial charge in [-0.15, -0.1) is 0 Å². The predicted octanol–water partition coefficient (Wildman–Crippen LogP) is 3.23. The van der Waals surface area contributed by atoms with E-state index in [4.69, 9.17) is 25.5 Å². The van der Waals surface area contributed by atoms with E-state index >= 15 is 0 Å². The summed E-state index contributed by atoms with van der Waals surface area (Å²) in [5, 5.41) is 39.5. The number of carboxylic acid groups (broad SMARTS) is 5. The number of rotatable bonds is 5. The van der Waals surface area contributed by atoms with Gasteiger partial charge in [0.25, 0.3) is 0 Å². The van der Waals surface area contributed by atoms with E-state index in [-0.39, 0.29) is 46.4 Å². The molecule has 0 atom stereocenters. The van der Waals surface area contributed by atoms with Gasteiger partial charge in [-0.25, -0.2) is 24.0 Å². The Morgan fingerprint density at radius 1 is 0.387 bits per heavy atom. The zero-order valence-electron chi connectivity index (χ0n) is 18.3. The maximum Gasteiger partial charge on any atom is 0.330 e. The zero-order chi connectivity index (χ0) is 25.8. The summed E-state index contributed by atoms with van der Waals surface area (Å²) in [6, 6.07) is 0. The van der Waals surface area contributed by atoms with Crippen LogP contribution in [-0.4, -0.2) is 55.4 Å². The maximum absolute atomic E-state index is 9.60. The topological polar surface area (TPSA) is 186 Å². The first kappa shape index (κ1) is 41.9. The van der Waals surface area contributed by atoms with E-state index in [1.54, 1.807) is 0 Å². The van der Waals surface area contributed by atoms with Gasteiger partial charge in [0.2, 0.25) is 0 Å². The van der Waals surface area contributed by atoms with Crippen LogP contribution in [0.5, 0.6) is 0 Å². The molecule has 11 heteroatoms. The quantitative estimate of drug-likeness (QED) is 0.365. The van der Waals surface area contributed by atoms with Crippen LogP contribution in [0.25, 0.3) is 0 Å². The van der Waals surface area contributed by atoms with E-state index in [9.17, 15) is 24.0 Å². The molecular weight excluding hydrogens is 451 g/mol. The number of hydrogen-bond donors (Lipinski definition) is 5. The van der Waals surface area contributed by atoms with Crippen molar-refractivity contribution in [3.05, 3.63) is 60.8 Å². The minimum atomic E-state index is -0.935. The van der Waals surface area contributed by atoms with Crippen molar-refractivity contribution in [3.8, 4) is 0 Å². The molecule has 1 radical (unpaired) electrons. The van der Waals surface area contributed by atoms with Crippen molar-refractivity contribution in [1.29, 1.82) is 0 Å². The second-order valence-electron chi connectivity index (χ2n) is 5.43. The van der Waals surface area contributed by atoms with Crippen LogP contribution >= 0.6 is 0 Å². The molecule has 175 valence electrons. The van der Waals surface area contributed by atoms with Crippen LogP contribution in [0, 0.1) is 0 Å². The van der Waals surface area contributed by atoms with Crippen molar-refractivity contribution in [2.45, 2.75) is 34.6 Å². The van der Waals surface area contributed by atoms with E-state index in [1.807, 2.05) is 0 Å². The molecule has 0 spiro atoms. The van der Waals surface area contributed by atoms with Gasteiger partial charge in [0.05, 0.1) is 0 Å². The Kier molecular flexibility index (Phi) is 33.3. The van der Waals surface area contributed by atoms with E-state index in [0.717, 1.165) is 0 Å². The molecule has 10 nitrogen and oxygen atoms in total. The van der Waals surface area contributed by atoms with Crippen LogP contribution < -0.4 is 0 Å². The van der Waals surface area contributed by atoms with Gasteiger partial charge in [-0.1, -0.05) is 32.9 Å². The molecule has 0 aromatic rings. The van der Waals surface area contributed by atoms with Gasteiger partial charge < -0.3 is 25.5 Å². The van der Waals surface area contributed by atoms with E-state index in [0.29, 0.717) is 0 Å². The van der Waals surface area contributed by atoms with Crippen LogP contribution in [0.15, 0.2) is 60.8 Å². The summed E-state index contributed by atoms with van der Waals surface area (Å²) in [5.41, 5.74) is 0.880. The van der Waals surface area contributed by atoms with Crippen molar-refractivity contribution < 1.29 is 68.1 Å². The molecule has 0 heterocycles. The third-order valence-electron chi connectivity index (χ3n) is 1.83. The fourth-order valence-electron chi connectivity index (χ4n) is 0. The van der Waals surface area contributed by atoms with Gasteiger partial charge in [0, 0.05) is 46.4 Å². The van der Waals surface area contributed by atoms with E-state index in [2.05, 4.69) is 32.9 Å². The van der Waals surface area contributed by atoms with Crippen molar-refractivity contribution in [2.24, 2.45) is 0 Å². The molecule has 0 amide bonds. The van der Waals surface area contributed by atoms with Crippen molar-refractivity contribution in [1.82, 2.24) is 0 Å². The Morgan fingerprint density at radius 2 is 0.419 bits per heavy atom. The minimum absolute atomic E-state index is 0. The van der Waals surface area contributed by atoms with Gasteiger partial charge in [-0.3, -0.25) is 0 Å². The van der Waals surface area contributed by atoms with Crippen LogP contribution in [0.2, 0.25) is 0 Å². The fraction of sp³-hybridized carbons (Fsp3) is 0.250. The smallest absolute Gasteiger partial charge is 0.330 e. The van der Waals surface area contributed by atoms with Gasteiger partial charge in [-0.05, 0) is 34.6 Å². The monoisotopic (exact) mass is 481 g/mol. The van der Waals surface area contributed by atoms with Crippen LogP contribution in [0.1, 0.15) is 34.6 Å². The normalized spacial score (nSPS) is 7.26. The first-order valence-electron chi connectivity index (χ1n) is 7.66. The Labute approximate surface area is 193 Å². The Balaban J connectivity index is -0.0000000625. The maximum atomic E-state index is 9.60. The van der Waals surface area contributed by atoms with Gasteiger partial charge in [0.15, 0.2) is 0 Å². The average molecular weight is 481 g/mol. The minimum Gasteiger partial charge on any atom is -0.478 e. The first-order valence-corrected chi connectivity index (χ1v) is 7.66. The third kappa shape index (κ3) is 58.4. The zero-order valence-corrected chi connectivity index (χ0v) is 19.7. The number of carboxylic acids is 5. The first-order chi connectivity index (χ1) is 13.2. The molecule has 0 unspecified atom stereocenters. The Hall–Kier alpha value is -3.37.